The Morgan fingerprint density at radius 3 is 2.53 bits per heavy atom. The van der Waals surface area contributed by atoms with Gasteiger partial charge in [0.05, 0.1) is 0 Å². The summed E-state index contributed by atoms with van der Waals surface area (Å²) in [6.45, 7) is 7.46. The minimum Gasteiger partial charge on any atom is -0.332 e. The van der Waals surface area contributed by atoms with Crippen molar-refractivity contribution in [1.82, 2.24) is 4.90 Å². The Morgan fingerprint density at radius 1 is 1.35 bits per heavy atom. The Hall–Kier alpha value is -1.90. The van der Waals surface area contributed by atoms with E-state index in [9.17, 15) is 9.18 Å². The highest BCUT2D eigenvalue weighted by atomic mass is 19.1. The van der Waals surface area contributed by atoms with Crippen LogP contribution in [0.5, 0.6) is 0 Å². The molecule has 17 heavy (non-hydrogen) atoms. The van der Waals surface area contributed by atoms with Crippen LogP contribution in [0, 0.1) is 0 Å². The lowest BCUT2D eigenvalue weighted by Crippen LogP contribution is -2.31. The summed E-state index contributed by atoms with van der Waals surface area (Å²) in [5.74, 6) is -1.58. The van der Waals surface area contributed by atoms with Gasteiger partial charge in [-0.05, 0) is 12.0 Å². The van der Waals surface area contributed by atoms with E-state index in [2.05, 4.69) is 13.2 Å². The lowest BCUT2D eigenvalue weighted by Gasteiger charge is -2.21. The van der Waals surface area contributed by atoms with E-state index < -0.39 is 11.7 Å². The second-order valence-corrected chi connectivity index (χ2v) is 3.69. The Labute approximate surface area is 101 Å². The first-order valence-electron chi connectivity index (χ1n) is 5.43. The molecule has 90 valence electrons. The molecular formula is C14H16FNO. The van der Waals surface area contributed by atoms with Gasteiger partial charge in [0.25, 0.3) is 5.91 Å². The van der Waals surface area contributed by atoms with E-state index in [-0.39, 0.29) is 0 Å². The van der Waals surface area contributed by atoms with Crippen molar-refractivity contribution < 1.29 is 9.18 Å². The van der Waals surface area contributed by atoms with Gasteiger partial charge in [-0.2, -0.15) is 0 Å². The van der Waals surface area contributed by atoms with E-state index in [0.717, 1.165) is 5.56 Å². The molecule has 1 amide bonds. The number of nitrogens with zero attached hydrogens (tertiary/aromatic N) is 1. The van der Waals surface area contributed by atoms with Crippen LogP contribution < -0.4 is 0 Å². The van der Waals surface area contributed by atoms with Crippen LogP contribution in [-0.4, -0.2) is 17.4 Å². The van der Waals surface area contributed by atoms with Gasteiger partial charge in [-0.3, -0.25) is 4.79 Å². The number of hydrogen-bond donors (Lipinski definition) is 0. The van der Waals surface area contributed by atoms with Gasteiger partial charge in [0.15, 0.2) is 5.83 Å². The average Bonchev–Trinajstić information content (AvgIpc) is 2.34. The monoisotopic (exact) mass is 233 g/mol. The molecule has 2 nitrogen and oxygen atoms in total. The van der Waals surface area contributed by atoms with Crippen LogP contribution in [0.2, 0.25) is 0 Å². The summed E-state index contributed by atoms with van der Waals surface area (Å²) in [4.78, 5) is 13.0. The first-order valence-corrected chi connectivity index (χ1v) is 5.43. The zero-order valence-electron chi connectivity index (χ0n) is 9.73. The molecule has 0 aliphatic rings. The highest BCUT2D eigenvalue weighted by molar-refractivity contribution is 5.90. The van der Waals surface area contributed by atoms with E-state index in [1.165, 1.54) is 4.90 Å². The summed E-state index contributed by atoms with van der Waals surface area (Å²) >= 11 is 0. The van der Waals surface area contributed by atoms with E-state index >= 15 is 0 Å². The van der Waals surface area contributed by atoms with Crippen molar-refractivity contribution in [2.45, 2.75) is 13.0 Å². The van der Waals surface area contributed by atoms with Gasteiger partial charge in [-0.15, -0.1) is 6.58 Å². The van der Waals surface area contributed by atoms with Gasteiger partial charge >= 0.3 is 0 Å². The summed E-state index contributed by atoms with van der Waals surface area (Å²) < 4.78 is 12.9. The molecule has 3 heteroatoms. The van der Waals surface area contributed by atoms with Crippen LogP contribution in [0.1, 0.15) is 12.0 Å². The maximum absolute atomic E-state index is 12.9. The number of rotatable bonds is 6. The molecule has 0 atom stereocenters. The van der Waals surface area contributed by atoms with Crippen LogP contribution in [0.15, 0.2) is 55.4 Å². The summed E-state index contributed by atoms with van der Waals surface area (Å²) in [6, 6.07) is 9.46. The lowest BCUT2D eigenvalue weighted by atomic mass is 10.2. The summed E-state index contributed by atoms with van der Waals surface area (Å²) in [5.41, 5.74) is 0.964. The molecule has 0 saturated carbocycles. The highest BCUT2D eigenvalue weighted by Crippen LogP contribution is 2.09. The molecule has 0 aliphatic carbocycles. The summed E-state index contributed by atoms with van der Waals surface area (Å²) in [5, 5.41) is 0. The van der Waals surface area contributed by atoms with Crippen LogP contribution in [-0.2, 0) is 11.3 Å². The predicted molar refractivity (Wildman–Crippen MR) is 66.9 cm³/mol. The Bertz CT molecular complexity index is 400. The molecule has 0 unspecified atom stereocenters. The molecule has 1 aromatic rings. The molecule has 0 heterocycles. The molecule has 0 bridgehead atoms. The van der Waals surface area contributed by atoms with Crippen LogP contribution in [0.25, 0.3) is 0 Å². The molecule has 0 saturated heterocycles. The molecule has 0 fully saturated rings. The van der Waals surface area contributed by atoms with Gasteiger partial charge < -0.3 is 4.90 Å². The number of amides is 1. The second-order valence-electron chi connectivity index (χ2n) is 3.69. The normalized spacial score (nSPS) is 9.71. The molecule has 0 radical (unpaired) electrons. The largest absolute Gasteiger partial charge is 0.332 e. The van der Waals surface area contributed by atoms with Crippen LogP contribution in [0.4, 0.5) is 4.39 Å². The fraction of sp³-hybridized carbons (Fsp3) is 0.214. The minimum atomic E-state index is -0.926. The quantitative estimate of drug-likeness (QED) is 0.546. The number of benzene rings is 1. The Balaban J connectivity index is 2.73. The maximum atomic E-state index is 12.9. The van der Waals surface area contributed by atoms with Crippen molar-refractivity contribution in [3.8, 4) is 0 Å². The third-order valence-electron chi connectivity index (χ3n) is 2.34. The minimum absolute atomic E-state index is 0.385. The number of carbonyl (C=O) groups excluding carboxylic acids is 1. The highest BCUT2D eigenvalue weighted by Gasteiger charge is 2.16. The lowest BCUT2D eigenvalue weighted by molar-refractivity contribution is -0.129. The molecular weight excluding hydrogens is 217 g/mol. The van der Waals surface area contributed by atoms with Crippen molar-refractivity contribution in [2.24, 2.45) is 0 Å². The van der Waals surface area contributed by atoms with Gasteiger partial charge in [0.1, 0.15) is 0 Å². The smallest absolute Gasteiger partial charge is 0.282 e. The van der Waals surface area contributed by atoms with Crippen molar-refractivity contribution >= 4 is 5.91 Å². The van der Waals surface area contributed by atoms with E-state index in [1.54, 1.807) is 6.08 Å². The van der Waals surface area contributed by atoms with Gasteiger partial charge in [0.2, 0.25) is 0 Å². The molecule has 0 N–H and O–H groups in total. The summed E-state index contributed by atoms with van der Waals surface area (Å²) in [7, 11) is 0. The predicted octanol–water partition coefficient (Wildman–Crippen LogP) is 3.07. The zero-order chi connectivity index (χ0) is 12.7. The van der Waals surface area contributed by atoms with Gasteiger partial charge in [-0.1, -0.05) is 43.0 Å². The van der Waals surface area contributed by atoms with E-state index in [0.29, 0.717) is 19.5 Å². The number of halogens is 1. The van der Waals surface area contributed by atoms with Crippen molar-refractivity contribution in [2.75, 3.05) is 6.54 Å². The fourth-order valence-corrected chi connectivity index (χ4v) is 1.47. The van der Waals surface area contributed by atoms with Crippen LogP contribution >= 0.6 is 0 Å². The van der Waals surface area contributed by atoms with Gasteiger partial charge in [0, 0.05) is 13.1 Å². The van der Waals surface area contributed by atoms with Crippen molar-refractivity contribution in [1.29, 1.82) is 0 Å². The molecule has 0 spiro atoms. The first kappa shape index (κ1) is 13.2. The molecule has 0 aromatic heterocycles. The third kappa shape index (κ3) is 4.23. The number of carbonyl (C=O) groups is 1. The third-order valence-corrected chi connectivity index (χ3v) is 2.34. The Morgan fingerprint density at radius 2 is 2.00 bits per heavy atom. The maximum Gasteiger partial charge on any atom is 0.282 e. The van der Waals surface area contributed by atoms with Gasteiger partial charge in [-0.25, -0.2) is 4.39 Å². The van der Waals surface area contributed by atoms with Crippen molar-refractivity contribution in [3.63, 3.8) is 0 Å². The SMILES string of the molecule is C=CCCN(Cc1ccccc1)C(=O)C(=C)F. The second kappa shape index (κ2) is 6.63. The average molecular weight is 233 g/mol. The molecule has 1 aromatic carbocycles. The zero-order valence-corrected chi connectivity index (χ0v) is 9.73. The topological polar surface area (TPSA) is 20.3 Å². The Kier molecular flexibility index (Phi) is 5.14. The van der Waals surface area contributed by atoms with Crippen LogP contribution in [0.3, 0.4) is 0 Å². The van der Waals surface area contributed by atoms with E-state index in [4.69, 9.17) is 0 Å². The standard InChI is InChI=1S/C14H16FNO/c1-3-4-10-16(14(17)12(2)15)11-13-8-6-5-7-9-13/h3,5-9H,1-2,4,10-11H2. The fourth-order valence-electron chi connectivity index (χ4n) is 1.47. The van der Waals surface area contributed by atoms with E-state index in [1.807, 2.05) is 30.3 Å². The molecule has 0 aliphatic heterocycles. The molecule has 1 rings (SSSR count). The first-order chi connectivity index (χ1) is 8.15. The van der Waals surface area contributed by atoms with Crippen molar-refractivity contribution in [3.05, 3.63) is 61.0 Å². The summed E-state index contributed by atoms with van der Waals surface area (Å²) in [6.07, 6.45) is 2.33. The number of hydrogen-bond acceptors (Lipinski definition) is 1.